The van der Waals surface area contributed by atoms with Crippen molar-refractivity contribution in [3.63, 3.8) is 0 Å². The number of methoxy groups -OCH3 is 2. The Morgan fingerprint density at radius 2 is 1.68 bits per heavy atom. The van der Waals surface area contributed by atoms with Gasteiger partial charge in [0.05, 0.1) is 41.9 Å². The molecule has 5 rings (SSSR count). The number of benzene rings is 4. The molecule has 5 aromatic rings. The zero-order valence-electron chi connectivity index (χ0n) is 21.3. The minimum absolute atomic E-state index is 0.221. The molecule has 0 radical (unpaired) electrons. The van der Waals surface area contributed by atoms with Crippen LogP contribution in [0, 0.1) is 0 Å². The second kappa shape index (κ2) is 11.6. The number of halogens is 2. The number of para-hydroxylation sites is 1. The number of ether oxygens (including phenoxy) is 3. The average molecular weight is 574 g/mol. The number of hydrogen-bond acceptors (Lipinski definition) is 7. The van der Waals surface area contributed by atoms with Crippen LogP contribution in [0.3, 0.4) is 0 Å². The molecule has 0 unspecified atom stereocenters. The van der Waals surface area contributed by atoms with Crippen LogP contribution in [-0.4, -0.2) is 36.1 Å². The highest BCUT2D eigenvalue weighted by Crippen LogP contribution is 2.31. The van der Waals surface area contributed by atoms with Crippen LogP contribution in [0.4, 0.5) is 0 Å². The first-order valence-electron chi connectivity index (χ1n) is 11.9. The van der Waals surface area contributed by atoms with Crippen LogP contribution in [0.2, 0.25) is 10.0 Å². The Labute approximate surface area is 239 Å². The summed E-state index contributed by atoms with van der Waals surface area (Å²) in [6, 6.07) is 23.3. The molecule has 0 aliphatic carbocycles. The first kappa shape index (κ1) is 26.9. The van der Waals surface area contributed by atoms with Crippen molar-refractivity contribution < 1.29 is 19.0 Å². The first-order chi connectivity index (χ1) is 19.4. The number of hydrogen-bond donors (Lipinski definition) is 0. The van der Waals surface area contributed by atoms with E-state index in [0.29, 0.717) is 49.1 Å². The molecule has 0 spiro atoms. The fourth-order valence-electron chi connectivity index (χ4n) is 3.94. The average Bonchev–Trinajstić information content (AvgIpc) is 2.97. The van der Waals surface area contributed by atoms with Crippen molar-refractivity contribution in [1.82, 2.24) is 9.66 Å². The third-order valence-electron chi connectivity index (χ3n) is 5.96. The molecule has 0 N–H and O–H groups in total. The number of carbonyl (C=O) groups is 1. The molecular weight excluding hydrogens is 553 g/mol. The van der Waals surface area contributed by atoms with Gasteiger partial charge < -0.3 is 14.2 Å². The molecule has 0 saturated heterocycles. The highest BCUT2D eigenvalue weighted by molar-refractivity contribution is 6.36. The van der Waals surface area contributed by atoms with Gasteiger partial charge in [-0.05, 0) is 78.4 Å². The van der Waals surface area contributed by atoms with E-state index >= 15 is 0 Å². The molecule has 10 heteroatoms. The molecular formula is C30H21Cl2N3O5. The lowest BCUT2D eigenvalue weighted by Crippen LogP contribution is -2.20. The summed E-state index contributed by atoms with van der Waals surface area (Å²) in [7, 11) is 3.00. The Hall–Kier alpha value is -4.66. The Morgan fingerprint density at radius 1 is 0.900 bits per heavy atom. The molecule has 0 saturated carbocycles. The van der Waals surface area contributed by atoms with E-state index in [2.05, 4.69) is 10.1 Å². The highest BCUT2D eigenvalue weighted by Gasteiger charge is 2.16. The molecule has 200 valence electrons. The van der Waals surface area contributed by atoms with Crippen LogP contribution in [0.1, 0.15) is 15.9 Å². The summed E-state index contributed by atoms with van der Waals surface area (Å²) in [4.78, 5) is 30.7. The molecule has 0 atom stereocenters. The van der Waals surface area contributed by atoms with E-state index in [1.807, 2.05) is 0 Å². The van der Waals surface area contributed by atoms with Gasteiger partial charge in [0.15, 0.2) is 17.3 Å². The summed E-state index contributed by atoms with van der Waals surface area (Å²) in [5, 5.41) is 5.61. The van der Waals surface area contributed by atoms with Gasteiger partial charge in [0.1, 0.15) is 5.75 Å². The molecule has 8 nitrogen and oxygen atoms in total. The lowest BCUT2D eigenvalue weighted by atomic mass is 10.2. The summed E-state index contributed by atoms with van der Waals surface area (Å²) in [5.41, 5.74) is 1.55. The van der Waals surface area contributed by atoms with Crippen molar-refractivity contribution in [3.05, 3.63) is 116 Å². The van der Waals surface area contributed by atoms with Crippen molar-refractivity contribution in [3.8, 4) is 28.6 Å². The van der Waals surface area contributed by atoms with E-state index in [9.17, 15) is 9.59 Å². The monoisotopic (exact) mass is 573 g/mol. The molecule has 0 amide bonds. The van der Waals surface area contributed by atoms with Crippen molar-refractivity contribution in [2.24, 2.45) is 5.10 Å². The van der Waals surface area contributed by atoms with Gasteiger partial charge in [0.2, 0.25) is 0 Å². The van der Waals surface area contributed by atoms with Crippen molar-refractivity contribution in [2.75, 3.05) is 14.2 Å². The van der Waals surface area contributed by atoms with E-state index in [4.69, 9.17) is 37.4 Å². The van der Waals surface area contributed by atoms with Crippen LogP contribution >= 0.6 is 23.2 Å². The number of fused-ring (bicyclic) bond motifs is 1. The van der Waals surface area contributed by atoms with Gasteiger partial charge >= 0.3 is 5.97 Å². The van der Waals surface area contributed by atoms with Gasteiger partial charge in [-0.15, -0.1) is 0 Å². The summed E-state index contributed by atoms with van der Waals surface area (Å²) < 4.78 is 17.3. The minimum atomic E-state index is -0.555. The van der Waals surface area contributed by atoms with Crippen LogP contribution in [0.15, 0.2) is 94.8 Å². The van der Waals surface area contributed by atoms with E-state index < -0.39 is 5.97 Å². The molecule has 1 aromatic heterocycles. The second-order valence-corrected chi connectivity index (χ2v) is 9.31. The largest absolute Gasteiger partial charge is 0.497 e. The van der Waals surface area contributed by atoms with Crippen molar-refractivity contribution in [1.29, 1.82) is 0 Å². The minimum Gasteiger partial charge on any atom is -0.497 e. The first-order valence-corrected chi connectivity index (χ1v) is 12.7. The maximum atomic E-state index is 13.4. The molecule has 0 aliphatic rings. The highest BCUT2D eigenvalue weighted by atomic mass is 35.5. The zero-order chi connectivity index (χ0) is 28.2. The van der Waals surface area contributed by atoms with Crippen LogP contribution in [0.25, 0.3) is 22.3 Å². The SMILES string of the molecule is COc1ccc(C(=O)Oc2ccc(C=Nn3c(-c4ccc(Cl)cc4Cl)nc4ccccc4c3=O)cc2OC)cc1. The summed E-state index contributed by atoms with van der Waals surface area (Å²) in [6.45, 7) is 0. The van der Waals surface area contributed by atoms with Gasteiger partial charge in [-0.25, -0.2) is 9.78 Å². The summed E-state index contributed by atoms with van der Waals surface area (Å²) >= 11 is 12.5. The molecule has 40 heavy (non-hydrogen) atoms. The van der Waals surface area contributed by atoms with Gasteiger partial charge in [0.25, 0.3) is 5.56 Å². The number of carbonyl (C=O) groups excluding carboxylic acids is 1. The van der Waals surface area contributed by atoms with Crippen molar-refractivity contribution >= 4 is 46.3 Å². The lowest BCUT2D eigenvalue weighted by Gasteiger charge is -2.12. The molecule has 4 aromatic carbocycles. The summed E-state index contributed by atoms with van der Waals surface area (Å²) in [5.74, 6) is 0.841. The third-order valence-corrected chi connectivity index (χ3v) is 6.51. The van der Waals surface area contributed by atoms with E-state index in [1.165, 1.54) is 18.0 Å². The lowest BCUT2D eigenvalue weighted by molar-refractivity contribution is 0.0729. The number of esters is 1. The Balaban J connectivity index is 1.50. The number of aromatic nitrogens is 2. The van der Waals surface area contributed by atoms with Crippen LogP contribution in [0.5, 0.6) is 17.2 Å². The van der Waals surface area contributed by atoms with Crippen molar-refractivity contribution in [2.45, 2.75) is 0 Å². The Morgan fingerprint density at radius 3 is 2.40 bits per heavy atom. The topological polar surface area (TPSA) is 92.0 Å². The van der Waals surface area contributed by atoms with Crippen LogP contribution in [-0.2, 0) is 0 Å². The Kier molecular flexibility index (Phi) is 7.82. The smallest absolute Gasteiger partial charge is 0.343 e. The van der Waals surface area contributed by atoms with E-state index in [0.717, 1.165) is 0 Å². The maximum absolute atomic E-state index is 13.4. The Bertz CT molecular complexity index is 1820. The number of nitrogens with zero attached hydrogens (tertiary/aromatic N) is 3. The fourth-order valence-corrected chi connectivity index (χ4v) is 4.43. The molecule has 0 bridgehead atoms. The molecule has 0 aliphatic heterocycles. The molecule has 0 fully saturated rings. The van der Waals surface area contributed by atoms with E-state index in [-0.39, 0.29) is 17.1 Å². The normalized spacial score (nSPS) is 11.1. The molecule has 1 heterocycles. The van der Waals surface area contributed by atoms with Gasteiger partial charge in [-0.2, -0.15) is 9.78 Å². The maximum Gasteiger partial charge on any atom is 0.343 e. The zero-order valence-corrected chi connectivity index (χ0v) is 22.8. The van der Waals surface area contributed by atoms with Gasteiger partial charge in [0, 0.05) is 10.6 Å². The van der Waals surface area contributed by atoms with Gasteiger partial charge in [-0.1, -0.05) is 35.3 Å². The summed E-state index contributed by atoms with van der Waals surface area (Å²) in [6.07, 6.45) is 1.47. The fraction of sp³-hybridized carbons (Fsp3) is 0.0667. The predicted octanol–water partition coefficient (Wildman–Crippen LogP) is 6.49. The van der Waals surface area contributed by atoms with Crippen LogP contribution < -0.4 is 19.8 Å². The quantitative estimate of drug-likeness (QED) is 0.125. The third kappa shape index (κ3) is 5.54. The van der Waals surface area contributed by atoms with E-state index in [1.54, 1.807) is 92.0 Å². The van der Waals surface area contributed by atoms with Gasteiger partial charge in [-0.3, -0.25) is 4.79 Å². The number of rotatable bonds is 7. The second-order valence-electron chi connectivity index (χ2n) is 8.47. The standard InChI is InChI=1S/C30H21Cl2N3O5/c1-38-21-11-8-19(9-12-21)30(37)40-26-14-7-18(15-27(26)39-2)17-33-35-28(22-13-10-20(31)16-24(22)32)34-25-6-4-3-5-23(25)29(35)36/h3-17H,1-2H3. The predicted molar refractivity (Wildman–Crippen MR) is 155 cm³/mol.